The number of carbonyl (C=O) groups excluding carboxylic acids is 1. The van der Waals surface area contributed by atoms with Crippen molar-refractivity contribution in [3.05, 3.63) is 11.6 Å². The molecule has 0 radical (unpaired) electrons. The fraction of sp³-hybridized carbons (Fsp3) is 0.750. The number of hydrogen-bond donors (Lipinski definition) is 3. The summed E-state index contributed by atoms with van der Waals surface area (Å²) in [5.41, 5.74) is 0.137. The van der Waals surface area contributed by atoms with E-state index >= 15 is 0 Å². The van der Waals surface area contributed by atoms with Crippen molar-refractivity contribution in [1.82, 2.24) is 25.8 Å². The average molecular weight is 251 g/mol. The molecule has 100 valence electrons. The first-order valence-electron chi connectivity index (χ1n) is 6.53. The van der Waals surface area contributed by atoms with Crippen LogP contribution in [0.25, 0.3) is 0 Å². The minimum Gasteiger partial charge on any atom is -0.349 e. The minimum absolute atomic E-state index is 0.137. The molecule has 1 fully saturated rings. The van der Waals surface area contributed by atoms with Gasteiger partial charge in [0.25, 0.3) is 5.91 Å². The summed E-state index contributed by atoms with van der Waals surface area (Å²) < 4.78 is 0. The predicted octanol–water partition coefficient (Wildman–Crippen LogP) is 0.487. The van der Waals surface area contributed by atoms with Crippen LogP contribution in [0.4, 0.5) is 0 Å². The van der Waals surface area contributed by atoms with Gasteiger partial charge in [0, 0.05) is 19.5 Å². The zero-order valence-electron chi connectivity index (χ0n) is 11.0. The number of hydrogen-bond acceptors (Lipinski definition) is 4. The van der Waals surface area contributed by atoms with Gasteiger partial charge in [0.2, 0.25) is 5.82 Å². The van der Waals surface area contributed by atoms with Gasteiger partial charge in [-0.3, -0.25) is 9.89 Å². The van der Waals surface area contributed by atoms with Crippen molar-refractivity contribution in [1.29, 1.82) is 0 Å². The molecule has 0 saturated carbocycles. The summed E-state index contributed by atoms with van der Waals surface area (Å²) >= 11 is 0. The number of amides is 1. The number of aryl methyl sites for hydroxylation is 1. The van der Waals surface area contributed by atoms with Crippen LogP contribution in [-0.2, 0) is 6.42 Å². The van der Waals surface area contributed by atoms with Crippen LogP contribution in [-0.4, -0.2) is 40.7 Å². The Balaban J connectivity index is 1.87. The molecule has 1 amide bonds. The van der Waals surface area contributed by atoms with Gasteiger partial charge in [-0.25, -0.2) is 4.98 Å². The third-order valence-electron chi connectivity index (χ3n) is 3.43. The molecule has 1 aliphatic heterocycles. The number of H-pyrrole nitrogens is 1. The molecule has 1 saturated heterocycles. The number of nitrogens with zero attached hydrogens (tertiary/aromatic N) is 2. The van der Waals surface area contributed by atoms with E-state index in [1.807, 2.05) is 6.92 Å². The minimum atomic E-state index is -0.197. The van der Waals surface area contributed by atoms with Crippen molar-refractivity contribution in [3.63, 3.8) is 0 Å². The molecule has 0 bridgehead atoms. The maximum Gasteiger partial charge on any atom is 0.290 e. The van der Waals surface area contributed by atoms with E-state index in [-0.39, 0.29) is 17.1 Å². The normalized spacial score (nSPS) is 23.9. The monoisotopic (exact) mass is 251 g/mol. The smallest absolute Gasteiger partial charge is 0.290 e. The highest BCUT2D eigenvalue weighted by atomic mass is 16.2. The largest absolute Gasteiger partial charge is 0.349 e. The topological polar surface area (TPSA) is 82.7 Å². The maximum atomic E-state index is 11.9. The Bertz CT molecular complexity index is 408. The molecule has 18 heavy (non-hydrogen) atoms. The van der Waals surface area contributed by atoms with Gasteiger partial charge in [-0.05, 0) is 24.8 Å². The lowest BCUT2D eigenvalue weighted by Gasteiger charge is -2.34. The second kappa shape index (κ2) is 5.48. The highest BCUT2D eigenvalue weighted by Gasteiger charge is 2.27. The maximum absolute atomic E-state index is 11.9. The van der Waals surface area contributed by atoms with E-state index in [1.54, 1.807) is 0 Å². The Morgan fingerprint density at radius 2 is 2.39 bits per heavy atom. The van der Waals surface area contributed by atoms with Gasteiger partial charge in [0.05, 0.1) is 0 Å². The Kier molecular flexibility index (Phi) is 3.96. The Hall–Kier alpha value is -1.43. The standard InChI is InChI=1S/C12H21N5O/c1-3-9-15-10(17-16-9)11(18)14-8-12(2)5-4-6-13-7-12/h13H,3-8H2,1-2H3,(H,14,18)(H,15,16,17). The second-order valence-corrected chi connectivity index (χ2v) is 5.23. The summed E-state index contributed by atoms with van der Waals surface area (Å²) in [4.78, 5) is 16.0. The lowest BCUT2D eigenvalue weighted by Crippen LogP contribution is -2.45. The molecule has 0 aliphatic carbocycles. The van der Waals surface area contributed by atoms with Gasteiger partial charge < -0.3 is 10.6 Å². The van der Waals surface area contributed by atoms with Crippen LogP contribution in [0.3, 0.4) is 0 Å². The SMILES string of the molecule is CCc1nc(C(=O)NCC2(C)CCCNC2)n[nH]1. The van der Waals surface area contributed by atoms with Gasteiger partial charge in [-0.15, -0.1) is 5.10 Å². The quantitative estimate of drug-likeness (QED) is 0.727. The van der Waals surface area contributed by atoms with E-state index in [2.05, 4.69) is 32.7 Å². The number of piperidine rings is 1. The van der Waals surface area contributed by atoms with Crippen LogP contribution in [0.2, 0.25) is 0 Å². The van der Waals surface area contributed by atoms with Gasteiger partial charge in [0.1, 0.15) is 5.82 Å². The molecular weight excluding hydrogens is 230 g/mol. The molecule has 1 unspecified atom stereocenters. The van der Waals surface area contributed by atoms with Crippen LogP contribution < -0.4 is 10.6 Å². The molecular formula is C12H21N5O. The van der Waals surface area contributed by atoms with Gasteiger partial charge in [-0.2, -0.15) is 0 Å². The van der Waals surface area contributed by atoms with Crippen molar-refractivity contribution < 1.29 is 4.79 Å². The van der Waals surface area contributed by atoms with Crippen LogP contribution in [0, 0.1) is 5.41 Å². The third kappa shape index (κ3) is 3.07. The molecule has 1 aromatic rings. The molecule has 6 heteroatoms. The van der Waals surface area contributed by atoms with Crippen molar-refractivity contribution in [2.45, 2.75) is 33.1 Å². The third-order valence-corrected chi connectivity index (χ3v) is 3.43. The first-order valence-corrected chi connectivity index (χ1v) is 6.53. The lowest BCUT2D eigenvalue weighted by molar-refractivity contribution is 0.0914. The molecule has 1 aromatic heterocycles. The van der Waals surface area contributed by atoms with E-state index in [1.165, 1.54) is 0 Å². The van der Waals surface area contributed by atoms with Gasteiger partial charge in [0.15, 0.2) is 0 Å². The zero-order chi connectivity index (χ0) is 13.0. The van der Waals surface area contributed by atoms with Crippen LogP contribution in [0.15, 0.2) is 0 Å². The Morgan fingerprint density at radius 3 is 3.00 bits per heavy atom. The van der Waals surface area contributed by atoms with E-state index in [0.717, 1.165) is 38.2 Å². The second-order valence-electron chi connectivity index (χ2n) is 5.23. The fourth-order valence-electron chi connectivity index (χ4n) is 2.20. The zero-order valence-corrected chi connectivity index (χ0v) is 11.0. The van der Waals surface area contributed by atoms with E-state index in [9.17, 15) is 4.79 Å². The average Bonchev–Trinajstić information content (AvgIpc) is 2.86. The molecule has 3 N–H and O–H groups in total. The molecule has 0 spiro atoms. The van der Waals surface area contributed by atoms with Crippen molar-refractivity contribution in [3.8, 4) is 0 Å². The summed E-state index contributed by atoms with van der Waals surface area (Å²) in [6.07, 6.45) is 3.05. The number of aromatic amines is 1. The summed E-state index contributed by atoms with van der Waals surface area (Å²) in [6, 6.07) is 0. The lowest BCUT2D eigenvalue weighted by atomic mass is 9.83. The summed E-state index contributed by atoms with van der Waals surface area (Å²) in [5.74, 6) is 0.780. The number of carbonyl (C=O) groups is 1. The van der Waals surface area contributed by atoms with Crippen LogP contribution in [0.1, 0.15) is 43.1 Å². The Labute approximate surface area is 107 Å². The molecule has 2 heterocycles. The summed E-state index contributed by atoms with van der Waals surface area (Å²) in [5, 5.41) is 12.9. The molecule has 2 rings (SSSR count). The number of nitrogens with one attached hydrogen (secondary N) is 3. The van der Waals surface area contributed by atoms with E-state index < -0.39 is 0 Å². The molecule has 1 atom stereocenters. The van der Waals surface area contributed by atoms with Crippen LogP contribution >= 0.6 is 0 Å². The van der Waals surface area contributed by atoms with E-state index in [4.69, 9.17) is 0 Å². The summed E-state index contributed by atoms with van der Waals surface area (Å²) in [7, 11) is 0. The highest BCUT2D eigenvalue weighted by molar-refractivity contribution is 5.90. The van der Waals surface area contributed by atoms with Gasteiger partial charge in [-0.1, -0.05) is 13.8 Å². The van der Waals surface area contributed by atoms with E-state index in [0.29, 0.717) is 6.54 Å². The predicted molar refractivity (Wildman–Crippen MR) is 68.3 cm³/mol. The number of rotatable bonds is 4. The van der Waals surface area contributed by atoms with Crippen molar-refractivity contribution >= 4 is 5.91 Å². The number of aromatic nitrogens is 3. The molecule has 0 aromatic carbocycles. The van der Waals surface area contributed by atoms with Gasteiger partial charge >= 0.3 is 0 Å². The van der Waals surface area contributed by atoms with Crippen molar-refractivity contribution in [2.75, 3.05) is 19.6 Å². The highest BCUT2D eigenvalue weighted by Crippen LogP contribution is 2.24. The summed E-state index contributed by atoms with van der Waals surface area (Å²) in [6.45, 7) is 6.84. The van der Waals surface area contributed by atoms with Crippen LogP contribution in [0.5, 0.6) is 0 Å². The first-order chi connectivity index (χ1) is 8.63. The molecule has 1 aliphatic rings. The van der Waals surface area contributed by atoms with Crippen molar-refractivity contribution in [2.24, 2.45) is 5.41 Å². The Morgan fingerprint density at radius 1 is 1.56 bits per heavy atom. The fourth-order valence-corrected chi connectivity index (χ4v) is 2.20. The molecule has 6 nitrogen and oxygen atoms in total. The first kappa shape index (κ1) is 13.0.